The number of aromatic nitrogens is 3. The summed E-state index contributed by atoms with van der Waals surface area (Å²) in [4.78, 5) is 17.6. The number of benzene rings is 1. The smallest absolute Gasteiger partial charge is 0.298 e. The maximum atomic E-state index is 11.0. The van der Waals surface area contributed by atoms with Crippen molar-refractivity contribution in [1.29, 1.82) is 0 Å². The average Bonchev–Trinajstić information content (AvgIpc) is 2.74. The lowest BCUT2D eigenvalue weighted by Crippen LogP contribution is -2.40. The molecule has 1 atom stereocenters. The van der Waals surface area contributed by atoms with E-state index in [9.17, 15) is 4.79 Å². The van der Waals surface area contributed by atoms with Crippen LogP contribution in [0.3, 0.4) is 0 Å². The number of likely N-dealkylation sites (tertiary alicyclic amines) is 1. The van der Waals surface area contributed by atoms with Gasteiger partial charge in [0, 0.05) is 47.4 Å². The number of hydrogen-bond acceptors (Lipinski definition) is 8. The molecule has 3 aromatic rings. The highest BCUT2D eigenvalue weighted by atomic mass is 16.5. The molecule has 0 saturated carbocycles. The van der Waals surface area contributed by atoms with Crippen molar-refractivity contribution in [2.24, 2.45) is 0 Å². The second-order valence-electron chi connectivity index (χ2n) is 7.14. The molecule has 1 fully saturated rings. The van der Waals surface area contributed by atoms with Gasteiger partial charge in [-0.2, -0.15) is 0 Å². The zero-order chi connectivity index (χ0) is 20.2. The third kappa shape index (κ3) is 3.97. The Balaban J connectivity index is 1.77. The van der Waals surface area contributed by atoms with Gasteiger partial charge in [-0.1, -0.05) is 0 Å². The number of fused-ring (bicyclic) bond motifs is 1. The minimum atomic E-state index is 0.312. The molecule has 1 saturated heterocycles. The Labute approximate surface area is 168 Å². The quantitative estimate of drug-likeness (QED) is 0.640. The summed E-state index contributed by atoms with van der Waals surface area (Å²) in [6.45, 7) is 2.47. The molecule has 0 amide bonds. The number of pyridine rings is 1. The second-order valence-corrected chi connectivity index (χ2v) is 7.14. The van der Waals surface area contributed by atoms with Crippen molar-refractivity contribution >= 4 is 23.1 Å². The highest BCUT2D eigenvalue weighted by Gasteiger charge is 2.20. The van der Waals surface area contributed by atoms with Crippen LogP contribution in [0.15, 0.2) is 36.7 Å². The Morgan fingerprint density at radius 3 is 2.93 bits per heavy atom. The summed E-state index contributed by atoms with van der Waals surface area (Å²) in [6, 6.07) is 7.47. The number of hydrogen-bond donors (Lipinski definition) is 1. The van der Waals surface area contributed by atoms with Crippen LogP contribution in [-0.2, 0) is 4.79 Å². The summed E-state index contributed by atoms with van der Waals surface area (Å²) in [7, 11) is 3.68. The normalized spacial score (nSPS) is 17.1. The number of rotatable bonds is 6. The molecule has 29 heavy (non-hydrogen) atoms. The molecule has 0 bridgehead atoms. The highest BCUT2D eigenvalue weighted by molar-refractivity contribution is 6.00. The van der Waals surface area contributed by atoms with Crippen LogP contribution in [0, 0.1) is 0 Å². The Morgan fingerprint density at radius 1 is 1.24 bits per heavy atom. The Kier molecular flexibility index (Phi) is 5.53. The van der Waals surface area contributed by atoms with Gasteiger partial charge in [-0.25, -0.2) is 0 Å². The number of methoxy groups -OCH3 is 1. The van der Waals surface area contributed by atoms with E-state index in [4.69, 9.17) is 9.47 Å². The second kappa shape index (κ2) is 8.40. The monoisotopic (exact) mass is 393 g/mol. The van der Waals surface area contributed by atoms with Gasteiger partial charge in [-0.05, 0) is 44.6 Å². The molecule has 4 rings (SSSR count). The van der Waals surface area contributed by atoms with Crippen LogP contribution in [-0.4, -0.2) is 59.8 Å². The molecule has 1 aliphatic rings. The number of carbonyl (C=O) groups is 1. The number of likely N-dealkylation sites (N-methyl/N-ethyl adjacent to an activating group) is 1. The first-order valence-corrected chi connectivity index (χ1v) is 9.54. The van der Waals surface area contributed by atoms with Crippen LogP contribution in [0.4, 0.5) is 5.82 Å². The lowest BCUT2D eigenvalue weighted by Gasteiger charge is -2.30. The van der Waals surface area contributed by atoms with Gasteiger partial charge in [0.25, 0.3) is 6.47 Å². The summed E-state index contributed by atoms with van der Waals surface area (Å²) in [6.07, 6.45) is 5.74. The van der Waals surface area contributed by atoms with Crippen molar-refractivity contribution in [1.82, 2.24) is 20.1 Å². The molecule has 8 nitrogen and oxygen atoms in total. The fourth-order valence-electron chi connectivity index (χ4n) is 3.76. The molecule has 0 unspecified atom stereocenters. The van der Waals surface area contributed by atoms with Gasteiger partial charge < -0.3 is 19.7 Å². The maximum absolute atomic E-state index is 11.0. The van der Waals surface area contributed by atoms with E-state index < -0.39 is 0 Å². The molecule has 0 spiro atoms. The average molecular weight is 393 g/mol. The Hall–Kier alpha value is -3.26. The van der Waals surface area contributed by atoms with Crippen LogP contribution in [0.2, 0.25) is 0 Å². The van der Waals surface area contributed by atoms with Gasteiger partial charge in [0.15, 0.2) is 5.82 Å². The van der Waals surface area contributed by atoms with Crippen LogP contribution < -0.4 is 14.8 Å². The van der Waals surface area contributed by atoms with E-state index in [1.807, 2.05) is 12.1 Å². The molecule has 3 heterocycles. The summed E-state index contributed by atoms with van der Waals surface area (Å²) < 4.78 is 10.4. The molecule has 1 aliphatic heterocycles. The third-order valence-electron chi connectivity index (χ3n) is 5.17. The molecular weight excluding hydrogens is 370 g/mol. The zero-order valence-electron chi connectivity index (χ0n) is 16.5. The van der Waals surface area contributed by atoms with Gasteiger partial charge in [-0.3, -0.25) is 9.78 Å². The van der Waals surface area contributed by atoms with Crippen molar-refractivity contribution in [2.45, 2.75) is 18.9 Å². The first-order chi connectivity index (χ1) is 14.2. The Bertz CT molecular complexity index is 1030. The maximum Gasteiger partial charge on any atom is 0.298 e. The Morgan fingerprint density at radius 2 is 2.14 bits per heavy atom. The van der Waals surface area contributed by atoms with E-state index in [1.165, 1.54) is 0 Å². The number of nitrogens with zero attached hydrogens (tertiary/aromatic N) is 4. The molecule has 0 radical (unpaired) electrons. The molecule has 8 heteroatoms. The number of anilines is 1. The number of piperidine rings is 1. The third-order valence-corrected chi connectivity index (χ3v) is 5.17. The largest absolute Gasteiger partial charge is 0.497 e. The van der Waals surface area contributed by atoms with Crippen molar-refractivity contribution in [3.8, 4) is 22.8 Å². The first kappa shape index (κ1) is 19.1. The summed E-state index contributed by atoms with van der Waals surface area (Å²) in [5.74, 6) is 1.66. The lowest BCUT2D eigenvalue weighted by molar-refractivity contribution is -0.120. The molecule has 150 valence electrons. The van der Waals surface area contributed by atoms with Crippen LogP contribution >= 0.6 is 0 Å². The predicted molar refractivity (Wildman–Crippen MR) is 110 cm³/mol. The summed E-state index contributed by atoms with van der Waals surface area (Å²) in [5, 5.41) is 14.2. The lowest BCUT2D eigenvalue weighted by atomic mass is 10.0. The van der Waals surface area contributed by atoms with E-state index in [-0.39, 0.29) is 0 Å². The van der Waals surface area contributed by atoms with E-state index in [2.05, 4.69) is 32.4 Å². The van der Waals surface area contributed by atoms with Crippen LogP contribution in [0.25, 0.3) is 22.0 Å². The fraction of sp³-hybridized carbons (Fsp3) is 0.333. The van der Waals surface area contributed by atoms with Gasteiger partial charge in [-0.15, -0.1) is 10.2 Å². The van der Waals surface area contributed by atoms with E-state index >= 15 is 0 Å². The molecule has 0 aliphatic carbocycles. The highest BCUT2D eigenvalue weighted by Crippen LogP contribution is 2.37. The van der Waals surface area contributed by atoms with Gasteiger partial charge in [0.05, 0.1) is 7.11 Å². The standard InChI is InChI=1S/C21H23N5O3/c1-26-9-3-4-14(12-26)23-21-18-11-22-8-7-16(18)20(24-25-21)17-6-5-15(28-2)10-19(17)29-13-27/h5-8,10-11,13-14H,3-4,9,12H2,1-2H3,(H,23,25)/t14-/m1/s1. The SMILES string of the molecule is COc1ccc(-c2nnc(N[C@@H]3CCCN(C)C3)c3cnccc23)c(OC=O)c1. The van der Waals surface area contributed by atoms with Gasteiger partial charge >= 0.3 is 0 Å². The van der Waals surface area contributed by atoms with Gasteiger partial charge in [0.1, 0.15) is 17.2 Å². The zero-order valence-corrected chi connectivity index (χ0v) is 16.5. The van der Waals surface area contributed by atoms with E-state index in [1.54, 1.807) is 31.6 Å². The van der Waals surface area contributed by atoms with Gasteiger partial charge in [0.2, 0.25) is 0 Å². The van der Waals surface area contributed by atoms with E-state index in [0.29, 0.717) is 41.1 Å². The van der Waals surface area contributed by atoms with Crippen molar-refractivity contribution in [2.75, 3.05) is 32.6 Å². The van der Waals surface area contributed by atoms with Crippen molar-refractivity contribution in [3.05, 3.63) is 36.7 Å². The van der Waals surface area contributed by atoms with Crippen molar-refractivity contribution in [3.63, 3.8) is 0 Å². The minimum absolute atomic E-state index is 0.312. The summed E-state index contributed by atoms with van der Waals surface area (Å²) >= 11 is 0. The molecule has 1 aromatic carbocycles. The first-order valence-electron chi connectivity index (χ1n) is 9.54. The number of carbonyl (C=O) groups excluding carboxylic acids is 1. The molecule has 2 aromatic heterocycles. The molecular formula is C21H23N5O3. The van der Waals surface area contributed by atoms with E-state index in [0.717, 1.165) is 36.7 Å². The van der Waals surface area contributed by atoms with Crippen LogP contribution in [0.1, 0.15) is 12.8 Å². The topological polar surface area (TPSA) is 89.5 Å². The number of ether oxygens (including phenoxy) is 2. The van der Waals surface area contributed by atoms with Crippen molar-refractivity contribution < 1.29 is 14.3 Å². The fourth-order valence-corrected chi connectivity index (χ4v) is 3.76. The predicted octanol–water partition coefficient (Wildman–Crippen LogP) is 2.74. The number of nitrogens with one attached hydrogen (secondary N) is 1. The molecule has 1 N–H and O–H groups in total. The summed E-state index contributed by atoms with van der Waals surface area (Å²) in [5.41, 5.74) is 1.28. The van der Waals surface area contributed by atoms with Crippen LogP contribution in [0.5, 0.6) is 11.5 Å². The minimum Gasteiger partial charge on any atom is -0.497 e.